The molecular formula is C14H16O3. The van der Waals surface area contributed by atoms with Crippen LogP contribution in [0.2, 0.25) is 0 Å². The minimum absolute atomic E-state index is 0.00585. The fraction of sp³-hybridized carbons (Fsp3) is 0.429. The molecule has 4 atom stereocenters. The van der Waals surface area contributed by atoms with E-state index in [0.717, 1.165) is 11.1 Å². The van der Waals surface area contributed by atoms with Gasteiger partial charge >= 0.3 is 0 Å². The molecule has 0 aromatic heterocycles. The Labute approximate surface area is 101 Å². The second-order valence-corrected chi connectivity index (χ2v) is 4.51. The first kappa shape index (κ1) is 11.0. The van der Waals surface area contributed by atoms with Crippen molar-refractivity contribution in [2.24, 2.45) is 0 Å². The van der Waals surface area contributed by atoms with Crippen LogP contribution < -0.4 is 0 Å². The smallest absolute Gasteiger partial charge is 0.117 e. The highest BCUT2D eigenvalue weighted by molar-refractivity contribution is 5.28. The van der Waals surface area contributed by atoms with Crippen LogP contribution >= 0.6 is 0 Å². The monoisotopic (exact) mass is 232 g/mol. The third-order valence-corrected chi connectivity index (χ3v) is 3.45. The molecule has 3 aliphatic rings. The largest absolute Gasteiger partial charge is 0.368 e. The Bertz CT molecular complexity index is 370. The molecule has 3 heteroatoms. The molecule has 0 aliphatic carbocycles. The maximum atomic E-state index is 5.94. The van der Waals surface area contributed by atoms with E-state index >= 15 is 0 Å². The van der Waals surface area contributed by atoms with Gasteiger partial charge in [0, 0.05) is 0 Å². The van der Waals surface area contributed by atoms with Crippen molar-refractivity contribution in [2.45, 2.75) is 24.4 Å². The number of fused-ring (bicyclic) bond motifs is 3. The standard InChI is InChI=1S/C14H16O3/c1-3-9-5-11-13(15-7-9)14-12(17-11)6-10(4-2)8-16-14/h3-6,11-14H,1-2,7-8H2/t11-,12+,13+,14-. The van der Waals surface area contributed by atoms with Crippen molar-refractivity contribution in [1.29, 1.82) is 0 Å². The maximum Gasteiger partial charge on any atom is 0.117 e. The van der Waals surface area contributed by atoms with Crippen molar-refractivity contribution in [3.05, 3.63) is 48.6 Å². The molecule has 0 radical (unpaired) electrons. The van der Waals surface area contributed by atoms with Crippen molar-refractivity contribution in [2.75, 3.05) is 13.2 Å². The fourth-order valence-corrected chi connectivity index (χ4v) is 2.51. The van der Waals surface area contributed by atoms with Gasteiger partial charge in [-0.2, -0.15) is 0 Å². The lowest BCUT2D eigenvalue weighted by Crippen LogP contribution is -2.40. The van der Waals surface area contributed by atoms with Crippen molar-refractivity contribution in [3.8, 4) is 0 Å². The first-order chi connectivity index (χ1) is 8.31. The van der Waals surface area contributed by atoms with E-state index in [1.54, 1.807) is 0 Å². The van der Waals surface area contributed by atoms with Gasteiger partial charge in [-0.3, -0.25) is 0 Å². The lowest BCUT2D eigenvalue weighted by atomic mass is 10.00. The van der Waals surface area contributed by atoms with Gasteiger partial charge in [-0.1, -0.05) is 25.3 Å². The Kier molecular flexibility index (Phi) is 2.74. The van der Waals surface area contributed by atoms with E-state index in [9.17, 15) is 0 Å². The first-order valence-corrected chi connectivity index (χ1v) is 5.87. The van der Waals surface area contributed by atoms with Crippen LogP contribution in [0.15, 0.2) is 48.6 Å². The van der Waals surface area contributed by atoms with Crippen molar-refractivity contribution in [3.63, 3.8) is 0 Å². The minimum atomic E-state index is -0.0211. The molecule has 0 amide bonds. The van der Waals surface area contributed by atoms with Crippen LogP contribution in [0.3, 0.4) is 0 Å². The minimum Gasteiger partial charge on any atom is -0.368 e. The van der Waals surface area contributed by atoms with Gasteiger partial charge in [-0.05, 0) is 23.3 Å². The van der Waals surface area contributed by atoms with Gasteiger partial charge in [0.15, 0.2) is 0 Å². The number of hydrogen-bond donors (Lipinski definition) is 0. The molecule has 0 unspecified atom stereocenters. The second-order valence-electron chi connectivity index (χ2n) is 4.51. The van der Waals surface area contributed by atoms with Gasteiger partial charge in [0.1, 0.15) is 24.4 Å². The van der Waals surface area contributed by atoms with E-state index < -0.39 is 0 Å². The predicted molar refractivity (Wildman–Crippen MR) is 64.7 cm³/mol. The lowest BCUT2D eigenvalue weighted by Gasteiger charge is -2.28. The summed E-state index contributed by atoms with van der Waals surface area (Å²) in [5.41, 5.74) is 2.16. The average Bonchev–Trinajstić information content (AvgIpc) is 2.74. The molecule has 3 heterocycles. The van der Waals surface area contributed by atoms with Gasteiger partial charge in [-0.25, -0.2) is 0 Å². The highest BCUT2D eigenvalue weighted by Crippen LogP contribution is 2.34. The van der Waals surface area contributed by atoms with Gasteiger partial charge in [0.2, 0.25) is 0 Å². The summed E-state index contributed by atoms with van der Waals surface area (Å²) >= 11 is 0. The topological polar surface area (TPSA) is 27.7 Å². The van der Waals surface area contributed by atoms with Crippen LogP contribution in [0.25, 0.3) is 0 Å². The molecule has 0 aromatic carbocycles. The molecule has 0 aromatic rings. The molecule has 3 aliphatic heterocycles. The van der Waals surface area contributed by atoms with E-state index in [1.165, 1.54) is 0 Å². The summed E-state index contributed by atoms with van der Waals surface area (Å²) in [6, 6.07) is 0. The van der Waals surface area contributed by atoms with Crippen LogP contribution in [-0.2, 0) is 14.2 Å². The second kappa shape index (κ2) is 4.26. The molecule has 0 bridgehead atoms. The molecule has 0 saturated carbocycles. The van der Waals surface area contributed by atoms with E-state index in [0.29, 0.717) is 13.2 Å². The number of ether oxygens (including phenoxy) is 3. The summed E-state index contributed by atoms with van der Waals surface area (Å²) in [5, 5.41) is 0. The molecule has 0 N–H and O–H groups in total. The summed E-state index contributed by atoms with van der Waals surface area (Å²) in [4.78, 5) is 0. The van der Waals surface area contributed by atoms with E-state index in [2.05, 4.69) is 25.3 Å². The van der Waals surface area contributed by atoms with Crippen LogP contribution in [0.4, 0.5) is 0 Å². The summed E-state index contributed by atoms with van der Waals surface area (Å²) in [5.74, 6) is 0. The highest BCUT2D eigenvalue weighted by Gasteiger charge is 2.47. The zero-order chi connectivity index (χ0) is 11.8. The van der Waals surface area contributed by atoms with Crippen LogP contribution in [0.5, 0.6) is 0 Å². The summed E-state index contributed by atoms with van der Waals surface area (Å²) < 4.78 is 17.5. The fourth-order valence-electron chi connectivity index (χ4n) is 2.51. The molecule has 0 spiro atoms. The Morgan fingerprint density at radius 2 is 1.41 bits per heavy atom. The predicted octanol–water partition coefficient (Wildman–Crippen LogP) is 1.78. The SMILES string of the molecule is C=CC1=C[C@H]2O[C@H]3C=C(C=C)CO[C@H]3[C@H]2OC1. The van der Waals surface area contributed by atoms with E-state index in [1.807, 2.05) is 12.2 Å². The van der Waals surface area contributed by atoms with Crippen LogP contribution in [0.1, 0.15) is 0 Å². The average molecular weight is 232 g/mol. The van der Waals surface area contributed by atoms with Crippen LogP contribution in [-0.4, -0.2) is 37.6 Å². The van der Waals surface area contributed by atoms with Gasteiger partial charge in [-0.15, -0.1) is 0 Å². The Hall–Kier alpha value is -1.16. The Balaban J connectivity index is 1.84. The molecule has 1 saturated heterocycles. The van der Waals surface area contributed by atoms with Crippen molar-refractivity contribution < 1.29 is 14.2 Å². The van der Waals surface area contributed by atoms with Crippen LogP contribution in [0, 0.1) is 0 Å². The van der Waals surface area contributed by atoms with Gasteiger partial charge in [0.25, 0.3) is 0 Å². The first-order valence-electron chi connectivity index (χ1n) is 5.87. The van der Waals surface area contributed by atoms with Gasteiger partial charge in [0.05, 0.1) is 13.2 Å². The summed E-state index contributed by atoms with van der Waals surface area (Å²) in [6.45, 7) is 8.70. The zero-order valence-electron chi connectivity index (χ0n) is 9.67. The normalized spacial score (nSPS) is 39.8. The van der Waals surface area contributed by atoms with Crippen molar-refractivity contribution >= 4 is 0 Å². The number of rotatable bonds is 2. The highest BCUT2D eigenvalue weighted by atomic mass is 16.6. The third-order valence-electron chi connectivity index (χ3n) is 3.45. The quantitative estimate of drug-likeness (QED) is 0.726. The van der Waals surface area contributed by atoms with Gasteiger partial charge < -0.3 is 14.2 Å². The van der Waals surface area contributed by atoms with E-state index in [-0.39, 0.29) is 24.4 Å². The Morgan fingerprint density at radius 1 is 0.941 bits per heavy atom. The molecular weight excluding hydrogens is 216 g/mol. The third kappa shape index (κ3) is 1.80. The molecule has 1 fully saturated rings. The Morgan fingerprint density at radius 3 is 1.82 bits per heavy atom. The van der Waals surface area contributed by atoms with E-state index in [4.69, 9.17) is 14.2 Å². The molecule has 3 rings (SSSR count). The molecule has 3 nitrogen and oxygen atoms in total. The summed E-state index contributed by atoms with van der Waals surface area (Å²) in [6.07, 6.45) is 7.77. The lowest BCUT2D eigenvalue weighted by molar-refractivity contribution is -0.0535. The molecule has 90 valence electrons. The number of hydrogen-bond acceptors (Lipinski definition) is 3. The van der Waals surface area contributed by atoms with Crippen molar-refractivity contribution in [1.82, 2.24) is 0 Å². The maximum absolute atomic E-state index is 5.94. The summed E-state index contributed by atoms with van der Waals surface area (Å²) in [7, 11) is 0. The molecule has 17 heavy (non-hydrogen) atoms. The zero-order valence-corrected chi connectivity index (χ0v) is 9.67.